The lowest BCUT2D eigenvalue weighted by Crippen LogP contribution is -2.31. The fourth-order valence-electron chi connectivity index (χ4n) is 4.48. The summed E-state index contributed by atoms with van der Waals surface area (Å²) in [6.45, 7) is 11.2. The summed E-state index contributed by atoms with van der Waals surface area (Å²) in [5, 5.41) is 9.53. The van der Waals surface area contributed by atoms with Gasteiger partial charge in [0, 0.05) is 6.04 Å². The molecule has 0 spiro atoms. The zero-order chi connectivity index (χ0) is 16.0. The van der Waals surface area contributed by atoms with Crippen molar-refractivity contribution in [1.82, 2.24) is 0 Å². The standard InChI is InChI=1S/C19H39NO/c1-6-17(19-9-7-8-13(19)2)12-18(20)11-15(4)14(3)10-16(5)21/h13-19,21H,6-12,20H2,1-5H3. The first-order chi connectivity index (χ1) is 9.85. The van der Waals surface area contributed by atoms with Crippen LogP contribution in [0.25, 0.3) is 0 Å². The van der Waals surface area contributed by atoms with Crippen molar-refractivity contribution >= 4 is 0 Å². The summed E-state index contributed by atoms with van der Waals surface area (Å²) in [5.41, 5.74) is 6.47. The highest BCUT2D eigenvalue weighted by Crippen LogP contribution is 2.40. The Bertz CT molecular complexity index is 279. The minimum atomic E-state index is -0.193. The van der Waals surface area contributed by atoms with Crippen LogP contribution in [0.2, 0.25) is 0 Å². The molecule has 0 aromatic rings. The van der Waals surface area contributed by atoms with Gasteiger partial charge in [-0.15, -0.1) is 0 Å². The predicted octanol–water partition coefficient (Wildman–Crippen LogP) is 4.60. The normalized spacial score (nSPS) is 29.9. The molecule has 1 saturated carbocycles. The maximum absolute atomic E-state index is 9.53. The van der Waals surface area contributed by atoms with Crippen molar-refractivity contribution in [2.45, 2.75) is 91.7 Å². The van der Waals surface area contributed by atoms with Crippen molar-refractivity contribution in [3.05, 3.63) is 0 Å². The summed E-state index contributed by atoms with van der Waals surface area (Å²) < 4.78 is 0. The van der Waals surface area contributed by atoms with Crippen molar-refractivity contribution in [3.8, 4) is 0 Å². The lowest BCUT2D eigenvalue weighted by Gasteiger charge is -2.30. The van der Waals surface area contributed by atoms with Gasteiger partial charge in [-0.2, -0.15) is 0 Å². The van der Waals surface area contributed by atoms with Crippen LogP contribution in [-0.4, -0.2) is 17.3 Å². The Morgan fingerprint density at radius 2 is 1.67 bits per heavy atom. The van der Waals surface area contributed by atoms with Crippen LogP contribution in [0.4, 0.5) is 0 Å². The largest absolute Gasteiger partial charge is 0.393 e. The van der Waals surface area contributed by atoms with Gasteiger partial charge in [-0.3, -0.25) is 0 Å². The second kappa shape index (κ2) is 9.15. The van der Waals surface area contributed by atoms with Gasteiger partial charge >= 0.3 is 0 Å². The van der Waals surface area contributed by atoms with Crippen molar-refractivity contribution < 1.29 is 5.11 Å². The molecule has 2 heteroatoms. The SMILES string of the molecule is CCC(CC(N)CC(C)C(C)CC(C)O)C1CCCC1C. The Morgan fingerprint density at radius 1 is 1.05 bits per heavy atom. The van der Waals surface area contributed by atoms with Gasteiger partial charge in [-0.25, -0.2) is 0 Å². The zero-order valence-corrected chi connectivity index (χ0v) is 15.0. The molecule has 0 aliphatic heterocycles. The molecule has 0 amide bonds. The summed E-state index contributed by atoms with van der Waals surface area (Å²) in [6.07, 6.45) is 8.52. The third-order valence-electron chi connectivity index (χ3n) is 6.02. The first-order valence-electron chi connectivity index (χ1n) is 9.28. The lowest BCUT2D eigenvalue weighted by atomic mass is 9.77. The highest BCUT2D eigenvalue weighted by Gasteiger charge is 2.31. The lowest BCUT2D eigenvalue weighted by molar-refractivity contribution is 0.142. The minimum Gasteiger partial charge on any atom is -0.393 e. The van der Waals surface area contributed by atoms with Crippen LogP contribution in [0.3, 0.4) is 0 Å². The Balaban J connectivity index is 2.41. The third kappa shape index (κ3) is 6.28. The monoisotopic (exact) mass is 297 g/mol. The summed E-state index contributed by atoms with van der Waals surface area (Å²) in [4.78, 5) is 0. The molecular formula is C19H39NO. The van der Waals surface area contributed by atoms with E-state index >= 15 is 0 Å². The van der Waals surface area contributed by atoms with Crippen LogP contribution in [0.1, 0.15) is 79.6 Å². The number of aliphatic hydroxyl groups is 1. The van der Waals surface area contributed by atoms with Crippen LogP contribution < -0.4 is 5.73 Å². The molecule has 0 heterocycles. The van der Waals surface area contributed by atoms with Gasteiger partial charge in [0.25, 0.3) is 0 Å². The topological polar surface area (TPSA) is 46.2 Å². The van der Waals surface area contributed by atoms with Crippen molar-refractivity contribution in [2.75, 3.05) is 0 Å². The van der Waals surface area contributed by atoms with Gasteiger partial charge in [0.15, 0.2) is 0 Å². The van der Waals surface area contributed by atoms with Crippen molar-refractivity contribution in [3.63, 3.8) is 0 Å². The molecule has 0 saturated heterocycles. The predicted molar refractivity (Wildman–Crippen MR) is 92.1 cm³/mol. The average molecular weight is 298 g/mol. The Morgan fingerprint density at radius 3 is 2.14 bits per heavy atom. The fourth-order valence-corrected chi connectivity index (χ4v) is 4.48. The minimum absolute atomic E-state index is 0.193. The van der Waals surface area contributed by atoms with Crippen LogP contribution in [-0.2, 0) is 0 Å². The van der Waals surface area contributed by atoms with Crippen molar-refractivity contribution in [2.24, 2.45) is 35.3 Å². The number of hydrogen-bond donors (Lipinski definition) is 2. The maximum atomic E-state index is 9.53. The average Bonchev–Trinajstić information content (AvgIpc) is 2.81. The first kappa shape index (κ1) is 19.0. The highest BCUT2D eigenvalue weighted by molar-refractivity contribution is 4.83. The van der Waals surface area contributed by atoms with Gasteiger partial charge in [0.05, 0.1) is 6.10 Å². The van der Waals surface area contributed by atoms with E-state index in [0.717, 1.165) is 30.6 Å². The molecule has 0 bridgehead atoms. The van der Waals surface area contributed by atoms with Gasteiger partial charge in [0.1, 0.15) is 0 Å². The van der Waals surface area contributed by atoms with Gasteiger partial charge < -0.3 is 10.8 Å². The Kier molecular flexibility index (Phi) is 8.26. The van der Waals surface area contributed by atoms with E-state index in [4.69, 9.17) is 5.73 Å². The molecular weight excluding hydrogens is 258 g/mol. The summed E-state index contributed by atoms with van der Waals surface area (Å²) in [5.74, 6) is 3.78. The van der Waals surface area contributed by atoms with E-state index in [1.807, 2.05) is 6.92 Å². The molecule has 0 aromatic carbocycles. The van der Waals surface area contributed by atoms with Crippen molar-refractivity contribution in [1.29, 1.82) is 0 Å². The molecule has 0 radical (unpaired) electrons. The summed E-state index contributed by atoms with van der Waals surface area (Å²) >= 11 is 0. The van der Waals surface area contributed by atoms with E-state index in [9.17, 15) is 5.11 Å². The molecule has 7 unspecified atom stereocenters. The number of rotatable bonds is 9. The quantitative estimate of drug-likeness (QED) is 0.653. The van der Waals surface area contributed by atoms with Gasteiger partial charge in [-0.05, 0) is 62.2 Å². The molecule has 3 N–H and O–H groups in total. The molecule has 1 aliphatic carbocycles. The molecule has 126 valence electrons. The van der Waals surface area contributed by atoms with Crippen LogP contribution in [0.15, 0.2) is 0 Å². The highest BCUT2D eigenvalue weighted by atomic mass is 16.3. The molecule has 1 fully saturated rings. The number of aliphatic hydroxyl groups excluding tert-OH is 1. The molecule has 21 heavy (non-hydrogen) atoms. The molecule has 7 atom stereocenters. The maximum Gasteiger partial charge on any atom is 0.0514 e. The van der Waals surface area contributed by atoms with Crippen LogP contribution in [0, 0.1) is 29.6 Å². The molecule has 1 aliphatic rings. The van der Waals surface area contributed by atoms with E-state index in [1.165, 1.54) is 32.1 Å². The van der Waals surface area contributed by atoms with E-state index < -0.39 is 0 Å². The van der Waals surface area contributed by atoms with Crippen LogP contribution >= 0.6 is 0 Å². The number of hydrogen-bond acceptors (Lipinski definition) is 2. The van der Waals surface area contributed by atoms with E-state index in [2.05, 4.69) is 27.7 Å². The number of nitrogens with two attached hydrogens (primary N) is 1. The summed E-state index contributed by atoms with van der Waals surface area (Å²) in [6, 6.07) is 0.328. The van der Waals surface area contributed by atoms with E-state index in [1.54, 1.807) is 0 Å². The van der Waals surface area contributed by atoms with E-state index in [0.29, 0.717) is 17.9 Å². The zero-order valence-electron chi connectivity index (χ0n) is 15.0. The smallest absolute Gasteiger partial charge is 0.0514 e. The summed E-state index contributed by atoms with van der Waals surface area (Å²) in [7, 11) is 0. The molecule has 2 nitrogen and oxygen atoms in total. The second-order valence-electron chi connectivity index (χ2n) is 8.01. The third-order valence-corrected chi connectivity index (χ3v) is 6.02. The van der Waals surface area contributed by atoms with E-state index in [-0.39, 0.29) is 6.10 Å². The van der Waals surface area contributed by atoms with Gasteiger partial charge in [-0.1, -0.05) is 47.0 Å². The fraction of sp³-hybridized carbons (Fsp3) is 1.00. The second-order valence-corrected chi connectivity index (χ2v) is 8.01. The molecule has 0 aromatic heterocycles. The first-order valence-corrected chi connectivity index (χ1v) is 9.28. The van der Waals surface area contributed by atoms with Gasteiger partial charge in [0.2, 0.25) is 0 Å². The Labute approximate surface area is 132 Å². The van der Waals surface area contributed by atoms with Crippen LogP contribution in [0.5, 0.6) is 0 Å². The Hall–Kier alpha value is -0.0800. The molecule has 1 rings (SSSR count).